The number of nitrogens with zero attached hydrogens (tertiary/aromatic N) is 3. The minimum absolute atomic E-state index is 0.0393. The van der Waals surface area contributed by atoms with Gasteiger partial charge in [0.1, 0.15) is 4.83 Å². The molecule has 30 heavy (non-hydrogen) atoms. The van der Waals surface area contributed by atoms with Crippen LogP contribution in [0.5, 0.6) is 0 Å². The molecule has 2 aliphatic heterocycles. The molecule has 5 nitrogen and oxygen atoms in total. The molecule has 1 fully saturated rings. The van der Waals surface area contributed by atoms with Gasteiger partial charge in [-0.25, -0.2) is 4.98 Å². The highest BCUT2D eigenvalue weighted by Crippen LogP contribution is 2.38. The smallest absolute Gasteiger partial charge is 0.262 e. The summed E-state index contributed by atoms with van der Waals surface area (Å²) in [6.45, 7) is 4.35. The van der Waals surface area contributed by atoms with E-state index in [-0.39, 0.29) is 23.6 Å². The van der Waals surface area contributed by atoms with Gasteiger partial charge in [0.25, 0.3) is 5.56 Å². The second-order valence-electron chi connectivity index (χ2n) is 8.32. The Balaban J connectivity index is 1.33. The minimum atomic E-state index is -0.0393. The molecule has 0 aliphatic carbocycles. The van der Waals surface area contributed by atoms with E-state index < -0.39 is 0 Å². The van der Waals surface area contributed by atoms with Crippen LogP contribution in [0.2, 0.25) is 0 Å². The second kappa shape index (κ2) is 7.51. The molecule has 2 atom stereocenters. The lowest BCUT2D eigenvalue weighted by atomic mass is 9.94. The Hall–Kier alpha value is -2.73. The van der Waals surface area contributed by atoms with Crippen molar-refractivity contribution >= 4 is 33.0 Å². The zero-order valence-corrected chi connectivity index (χ0v) is 18.1. The molecule has 6 heteroatoms. The number of amides is 1. The Morgan fingerprint density at radius 2 is 2.00 bits per heavy atom. The van der Waals surface area contributed by atoms with Crippen molar-refractivity contribution in [1.29, 1.82) is 0 Å². The van der Waals surface area contributed by atoms with Gasteiger partial charge in [-0.2, -0.15) is 0 Å². The molecule has 4 heterocycles. The van der Waals surface area contributed by atoms with Crippen LogP contribution in [0.4, 0.5) is 0 Å². The van der Waals surface area contributed by atoms with Crippen LogP contribution >= 0.6 is 11.3 Å². The zero-order valence-electron chi connectivity index (χ0n) is 17.3. The molecule has 1 aromatic carbocycles. The van der Waals surface area contributed by atoms with Gasteiger partial charge in [-0.1, -0.05) is 36.4 Å². The highest BCUT2D eigenvalue weighted by molar-refractivity contribution is 7.18. The summed E-state index contributed by atoms with van der Waals surface area (Å²) in [5, 5.41) is 0.695. The van der Waals surface area contributed by atoms with Crippen LogP contribution < -0.4 is 5.56 Å². The summed E-state index contributed by atoms with van der Waals surface area (Å²) in [6.07, 6.45) is 7.17. The van der Waals surface area contributed by atoms with E-state index in [0.717, 1.165) is 34.5 Å². The first kappa shape index (κ1) is 19.2. The molecule has 5 rings (SSSR count). The Morgan fingerprint density at radius 1 is 1.20 bits per heavy atom. The van der Waals surface area contributed by atoms with Crippen molar-refractivity contribution in [3.8, 4) is 0 Å². The van der Waals surface area contributed by atoms with Crippen LogP contribution in [0.1, 0.15) is 41.7 Å². The first-order valence-electron chi connectivity index (χ1n) is 10.6. The molecule has 1 amide bonds. The Labute approximate surface area is 179 Å². The van der Waals surface area contributed by atoms with Crippen LogP contribution in [-0.2, 0) is 11.3 Å². The van der Waals surface area contributed by atoms with E-state index in [2.05, 4.69) is 40.2 Å². The molecule has 1 saturated heterocycles. The van der Waals surface area contributed by atoms with Gasteiger partial charge in [-0.15, -0.1) is 11.3 Å². The van der Waals surface area contributed by atoms with Crippen LogP contribution in [0.3, 0.4) is 0 Å². The Bertz CT molecular complexity index is 1210. The number of hydrogen-bond acceptors (Lipinski definition) is 4. The van der Waals surface area contributed by atoms with Gasteiger partial charge in [-0.05, 0) is 49.8 Å². The average molecular weight is 420 g/mol. The standard InChI is InChI=1S/C24H25N3O2S/c1-15-16(2)30-23-22(15)24(29)26(14-25-23)11-10-21(28)27-19-8-9-20(27)13-18(12-19)17-6-4-3-5-7-17/h3-7,12,14,19-20H,8-11,13H2,1-2H3. The summed E-state index contributed by atoms with van der Waals surface area (Å²) >= 11 is 1.55. The fraction of sp³-hybridized carbons (Fsp3) is 0.375. The van der Waals surface area contributed by atoms with Gasteiger partial charge in [-0.3, -0.25) is 14.2 Å². The van der Waals surface area contributed by atoms with Gasteiger partial charge in [0.2, 0.25) is 5.91 Å². The van der Waals surface area contributed by atoms with Crippen molar-refractivity contribution in [3.63, 3.8) is 0 Å². The van der Waals surface area contributed by atoms with E-state index in [4.69, 9.17) is 0 Å². The number of thiophene rings is 1. The third-order valence-electron chi connectivity index (χ3n) is 6.55. The lowest BCUT2D eigenvalue weighted by Gasteiger charge is -2.34. The predicted molar refractivity (Wildman–Crippen MR) is 121 cm³/mol. The topological polar surface area (TPSA) is 55.2 Å². The maximum atomic E-state index is 13.1. The molecule has 0 radical (unpaired) electrons. The number of carbonyl (C=O) groups excluding carboxylic acids is 1. The van der Waals surface area contributed by atoms with Gasteiger partial charge in [0, 0.05) is 23.9 Å². The van der Waals surface area contributed by atoms with Crippen molar-refractivity contribution in [1.82, 2.24) is 14.5 Å². The largest absolute Gasteiger partial charge is 0.333 e. The summed E-state index contributed by atoms with van der Waals surface area (Å²) in [7, 11) is 0. The zero-order chi connectivity index (χ0) is 20.8. The van der Waals surface area contributed by atoms with E-state index in [0.29, 0.717) is 18.4 Å². The van der Waals surface area contributed by atoms with Gasteiger partial charge < -0.3 is 4.90 Å². The van der Waals surface area contributed by atoms with E-state index in [9.17, 15) is 9.59 Å². The highest BCUT2D eigenvalue weighted by Gasteiger charge is 2.39. The van der Waals surface area contributed by atoms with E-state index in [1.54, 1.807) is 22.2 Å². The summed E-state index contributed by atoms with van der Waals surface area (Å²) in [6, 6.07) is 10.9. The summed E-state index contributed by atoms with van der Waals surface area (Å²) in [5.41, 5.74) is 3.57. The molecule has 2 aromatic heterocycles. The molecule has 2 unspecified atom stereocenters. The first-order chi connectivity index (χ1) is 14.5. The molecular formula is C24H25N3O2S. The predicted octanol–water partition coefficient (Wildman–Crippen LogP) is 4.31. The number of fused-ring (bicyclic) bond motifs is 3. The van der Waals surface area contributed by atoms with Crippen molar-refractivity contribution in [2.45, 2.75) is 58.2 Å². The van der Waals surface area contributed by atoms with Gasteiger partial charge in [0.15, 0.2) is 0 Å². The molecule has 2 aliphatic rings. The first-order valence-corrected chi connectivity index (χ1v) is 11.4. The fourth-order valence-corrected chi connectivity index (χ4v) is 5.85. The number of aryl methyl sites for hydroxylation is 3. The van der Waals surface area contributed by atoms with E-state index in [1.807, 2.05) is 19.9 Å². The molecule has 3 aromatic rings. The van der Waals surface area contributed by atoms with Crippen molar-refractivity contribution < 1.29 is 4.79 Å². The van der Waals surface area contributed by atoms with Crippen LogP contribution in [-0.4, -0.2) is 32.4 Å². The number of aromatic nitrogens is 2. The number of carbonyl (C=O) groups is 1. The van der Waals surface area contributed by atoms with E-state index >= 15 is 0 Å². The van der Waals surface area contributed by atoms with E-state index in [1.165, 1.54) is 11.1 Å². The Kier molecular flexibility index (Phi) is 4.82. The van der Waals surface area contributed by atoms with Crippen LogP contribution in [0.25, 0.3) is 15.8 Å². The molecule has 154 valence electrons. The SMILES string of the molecule is Cc1sc2ncn(CCC(=O)N3C4C=C(c5ccccc5)CC3CC4)c(=O)c2c1C. The minimum Gasteiger partial charge on any atom is -0.333 e. The highest BCUT2D eigenvalue weighted by atomic mass is 32.1. The van der Waals surface area contributed by atoms with Crippen LogP contribution in [0, 0.1) is 13.8 Å². The molecular weight excluding hydrogens is 394 g/mol. The average Bonchev–Trinajstić information content (AvgIpc) is 3.20. The van der Waals surface area contributed by atoms with Crippen molar-refractivity contribution in [2.75, 3.05) is 0 Å². The summed E-state index contributed by atoms with van der Waals surface area (Å²) in [4.78, 5) is 34.4. The molecule has 0 spiro atoms. The number of hydrogen-bond donors (Lipinski definition) is 0. The third-order valence-corrected chi connectivity index (χ3v) is 7.67. The number of rotatable bonds is 4. The lowest BCUT2D eigenvalue weighted by molar-refractivity contribution is -0.133. The number of benzene rings is 1. The molecule has 2 bridgehead atoms. The van der Waals surface area contributed by atoms with Gasteiger partial charge in [0.05, 0.1) is 17.8 Å². The fourth-order valence-electron chi connectivity index (χ4n) is 4.86. The summed E-state index contributed by atoms with van der Waals surface area (Å²) in [5.74, 6) is 0.135. The van der Waals surface area contributed by atoms with Crippen molar-refractivity contribution in [3.05, 3.63) is 69.1 Å². The van der Waals surface area contributed by atoms with Gasteiger partial charge >= 0.3 is 0 Å². The molecule has 0 saturated carbocycles. The lowest BCUT2D eigenvalue weighted by Crippen LogP contribution is -2.43. The maximum absolute atomic E-state index is 13.1. The Morgan fingerprint density at radius 3 is 2.77 bits per heavy atom. The normalized spacial score (nSPS) is 20.6. The quantitative estimate of drug-likeness (QED) is 0.633. The monoisotopic (exact) mass is 419 g/mol. The summed E-state index contributed by atoms with van der Waals surface area (Å²) < 4.78 is 1.59. The maximum Gasteiger partial charge on any atom is 0.262 e. The second-order valence-corrected chi connectivity index (χ2v) is 9.52. The van der Waals surface area contributed by atoms with Crippen LogP contribution in [0.15, 0.2) is 47.5 Å². The third kappa shape index (κ3) is 3.19. The van der Waals surface area contributed by atoms with Crippen molar-refractivity contribution in [2.24, 2.45) is 0 Å². The molecule has 0 N–H and O–H groups in total.